The van der Waals surface area contributed by atoms with Crippen LogP contribution >= 0.6 is 0 Å². The number of benzene rings is 1. The number of carbonyl (C=O) groups excluding carboxylic acids is 2. The van der Waals surface area contributed by atoms with Crippen LogP contribution in [0.2, 0.25) is 0 Å². The van der Waals surface area contributed by atoms with E-state index in [-0.39, 0.29) is 22.9 Å². The van der Waals surface area contributed by atoms with Gasteiger partial charge in [0.15, 0.2) is 12.4 Å². The third-order valence-corrected chi connectivity index (χ3v) is 6.39. The number of rotatable bonds is 7. The SMILES string of the molecule is COc1ccc(C(=O)OCC(=O)N2N=C3/C(=C/c4ccco4)CCC[C@H]3[C@@H]2c2ccco2)cc1[N+](=O)[O-]. The van der Waals surface area contributed by atoms with Crippen LogP contribution in [0.1, 0.15) is 47.2 Å². The maximum Gasteiger partial charge on any atom is 0.338 e. The van der Waals surface area contributed by atoms with Gasteiger partial charge in [0.2, 0.25) is 0 Å². The number of hydrogen-bond acceptors (Lipinski definition) is 9. The van der Waals surface area contributed by atoms with E-state index in [1.807, 2.05) is 12.1 Å². The number of hydrazone groups is 1. The Bertz CT molecular complexity index is 1370. The molecule has 5 rings (SSSR count). The van der Waals surface area contributed by atoms with Gasteiger partial charge in [0.05, 0.1) is 35.8 Å². The van der Waals surface area contributed by atoms with Gasteiger partial charge in [-0.15, -0.1) is 0 Å². The molecule has 11 heteroatoms. The predicted octanol–water partition coefficient (Wildman–Crippen LogP) is 4.77. The lowest BCUT2D eigenvalue weighted by Gasteiger charge is -2.27. The molecule has 190 valence electrons. The van der Waals surface area contributed by atoms with Gasteiger partial charge < -0.3 is 18.3 Å². The van der Waals surface area contributed by atoms with Crippen LogP contribution in [0.3, 0.4) is 0 Å². The van der Waals surface area contributed by atoms with Crippen LogP contribution in [-0.4, -0.2) is 41.2 Å². The molecule has 3 aromatic rings. The highest BCUT2D eigenvalue weighted by atomic mass is 16.6. The fourth-order valence-corrected chi connectivity index (χ4v) is 4.73. The van der Waals surface area contributed by atoms with E-state index in [1.165, 1.54) is 30.5 Å². The number of hydrogen-bond donors (Lipinski definition) is 0. The third-order valence-electron chi connectivity index (χ3n) is 6.39. The highest BCUT2D eigenvalue weighted by Crippen LogP contribution is 2.44. The van der Waals surface area contributed by atoms with Crippen molar-refractivity contribution in [2.45, 2.75) is 25.3 Å². The first-order valence-corrected chi connectivity index (χ1v) is 11.6. The number of amides is 1. The fraction of sp³-hybridized carbons (Fsp3) is 0.269. The molecule has 3 heterocycles. The van der Waals surface area contributed by atoms with Gasteiger partial charge in [0.25, 0.3) is 5.91 Å². The molecule has 0 bridgehead atoms. The fourth-order valence-electron chi connectivity index (χ4n) is 4.73. The second kappa shape index (κ2) is 10.1. The van der Waals surface area contributed by atoms with E-state index in [1.54, 1.807) is 24.5 Å². The van der Waals surface area contributed by atoms with Crippen LogP contribution in [0.4, 0.5) is 5.69 Å². The van der Waals surface area contributed by atoms with Gasteiger partial charge in [-0.2, -0.15) is 5.10 Å². The number of nitro groups is 1. The van der Waals surface area contributed by atoms with Crippen LogP contribution in [0, 0.1) is 16.0 Å². The largest absolute Gasteiger partial charge is 0.490 e. The van der Waals surface area contributed by atoms with Gasteiger partial charge in [-0.25, -0.2) is 9.80 Å². The molecule has 0 saturated heterocycles. The van der Waals surface area contributed by atoms with Crippen LogP contribution in [0.25, 0.3) is 6.08 Å². The average molecular weight is 505 g/mol. The maximum absolute atomic E-state index is 13.3. The number of nitro benzene ring substituents is 1. The van der Waals surface area contributed by atoms with Crippen molar-refractivity contribution in [3.63, 3.8) is 0 Å². The van der Waals surface area contributed by atoms with E-state index in [9.17, 15) is 19.7 Å². The number of nitrogens with zero attached hydrogens (tertiary/aromatic N) is 3. The molecule has 2 aliphatic rings. The van der Waals surface area contributed by atoms with Gasteiger partial charge >= 0.3 is 11.7 Å². The Balaban J connectivity index is 1.37. The first-order chi connectivity index (χ1) is 18.0. The summed E-state index contributed by atoms with van der Waals surface area (Å²) in [6, 6.07) is 10.4. The molecule has 2 aromatic heterocycles. The summed E-state index contributed by atoms with van der Waals surface area (Å²) in [4.78, 5) is 36.5. The Morgan fingerprint density at radius 1 is 1.22 bits per heavy atom. The van der Waals surface area contributed by atoms with Crippen molar-refractivity contribution >= 4 is 29.4 Å². The zero-order valence-corrected chi connectivity index (χ0v) is 19.9. The average Bonchev–Trinajstić information content (AvgIpc) is 3.68. The summed E-state index contributed by atoms with van der Waals surface area (Å²) < 4.78 is 21.3. The van der Waals surface area contributed by atoms with Gasteiger partial charge in [-0.1, -0.05) is 0 Å². The second-order valence-corrected chi connectivity index (χ2v) is 8.59. The van der Waals surface area contributed by atoms with Crippen LogP contribution in [0.5, 0.6) is 5.75 Å². The molecule has 1 fully saturated rings. The van der Waals surface area contributed by atoms with Crippen molar-refractivity contribution in [2.75, 3.05) is 13.7 Å². The van der Waals surface area contributed by atoms with Crippen LogP contribution in [0.15, 0.2) is 74.5 Å². The van der Waals surface area contributed by atoms with Crippen molar-refractivity contribution in [1.29, 1.82) is 0 Å². The quantitative estimate of drug-likeness (QED) is 0.254. The van der Waals surface area contributed by atoms with Crippen molar-refractivity contribution in [3.05, 3.63) is 87.8 Å². The molecule has 0 radical (unpaired) electrons. The van der Waals surface area contributed by atoms with Gasteiger partial charge in [0, 0.05) is 12.0 Å². The standard InChI is InChI=1S/C26H23N3O8/c1-34-21-10-9-17(14-20(21)29(32)33)26(31)37-15-23(30)28-25(22-8-4-12-36-22)19-7-2-5-16(24(19)27-28)13-18-6-3-11-35-18/h3-4,6,8-14,19,25H,2,5,7,15H2,1H3/b16-13+/t19-,25-/m1/s1. The minimum Gasteiger partial charge on any atom is -0.490 e. The summed E-state index contributed by atoms with van der Waals surface area (Å²) in [5, 5.41) is 17.2. The van der Waals surface area contributed by atoms with Crippen LogP contribution < -0.4 is 4.74 Å². The van der Waals surface area contributed by atoms with Crippen molar-refractivity contribution < 1.29 is 32.8 Å². The first kappa shape index (κ1) is 24.0. The molecular weight excluding hydrogens is 482 g/mol. The Labute approximate surface area is 211 Å². The van der Waals surface area contributed by atoms with E-state index in [0.717, 1.165) is 36.6 Å². The zero-order valence-electron chi connectivity index (χ0n) is 19.9. The number of allylic oxidation sites excluding steroid dienone is 1. The van der Waals surface area contributed by atoms with Crippen molar-refractivity contribution in [1.82, 2.24) is 5.01 Å². The Morgan fingerprint density at radius 2 is 2.03 bits per heavy atom. The molecule has 1 aliphatic heterocycles. The van der Waals surface area contributed by atoms with E-state index in [2.05, 4.69) is 5.10 Å². The van der Waals surface area contributed by atoms with Gasteiger partial charge in [-0.05, 0) is 67.3 Å². The molecule has 37 heavy (non-hydrogen) atoms. The topological polar surface area (TPSA) is 138 Å². The predicted molar refractivity (Wildman–Crippen MR) is 130 cm³/mol. The van der Waals surface area contributed by atoms with Crippen molar-refractivity contribution in [3.8, 4) is 5.75 Å². The normalized spacial score (nSPS) is 19.9. The summed E-state index contributed by atoms with van der Waals surface area (Å²) in [5.41, 5.74) is 1.29. The molecule has 1 amide bonds. The summed E-state index contributed by atoms with van der Waals surface area (Å²) in [6.07, 6.45) is 7.55. The molecule has 0 unspecified atom stereocenters. The Morgan fingerprint density at radius 3 is 2.73 bits per heavy atom. The molecule has 1 saturated carbocycles. The smallest absolute Gasteiger partial charge is 0.338 e. The second-order valence-electron chi connectivity index (χ2n) is 8.59. The first-order valence-electron chi connectivity index (χ1n) is 11.6. The van der Waals surface area contributed by atoms with E-state index in [4.69, 9.17) is 18.3 Å². The highest BCUT2D eigenvalue weighted by molar-refractivity contribution is 6.08. The number of esters is 1. The summed E-state index contributed by atoms with van der Waals surface area (Å²) in [5.74, 6) is -0.236. The third kappa shape index (κ3) is 4.75. The number of carbonyl (C=O) groups is 2. The van der Waals surface area contributed by atoms with Gasteiger partial charge in [0.1, 0.15) is 17.6 Å². The molecule has 1 aromatic carbocycles. The molecule has 2 atom stereocenters. The lowest BCUT2D eigenvalue weighted by molar-refractivity contribution is -0.385. The summed E-state index contributed by atoms with van der Waals surface area (Å²) in [6.45, 7) is -0.601. The molecule has 1 aliphatic carbocycles. The number of methoxy groups -OCH3 is 1. The summed E-state index contributed by atoms with van der Waals surface area (Å²) in [7, 11) is 1.29. The molecule has 0 N–H and O–H groups in total. The molecule has 0 spiro atoms. The summed E-state index contributed by atoms with van der Waals surface area (Å²) >= 11 is 0. The van der Waals surface area contributed by atoms with Crippen molar-refractivity contribution in [2.24, 2.45) is 11.0 Å². The maximum atomic E-state index is 13.3. The van der Waals surface area contributed by atoms with Gasteiger partial charge in [-0.3, -0.25) is 14.9 Å². The monoisotopic (exact) mass is 505 g/mol. The van der Waals surface area contributed by atoms with Crippen LogP contribution in [-0.2, 0) is 9.53 Å². The van der Waals surface area contributed by atoms with E-state index in [0.29, 0.717) is 11.5 Å². The lowest BCUT2D eigenvalue weighted by atomic mass is 9.79. The van der Waals surface area contributed by atoms with E-state index < -0.39 is 29.4 Å². The Hall–Kier alpha value is -4.67. The number of ether oxygens (including phenoxy) is 2. The molecule has 11 nitrogen and oxygen atoms in total. The number of fused-ring (bicyclic) bond motifs is 1. The zero-order chi connectivity index (χ0) is 25.9. The molecular formula is C26H23N3O8. The number of furan rings is 2. The Kier molecular flexibility index (Phi) is 6.59. The minimum absolute atomic E-state index is 0.00724. The lowest BCUT2D eigenvalue weighted by Crippen LogP contribution is -2.34. The minimum atomic E-state index is -0.878. The van der Waals surface area contributed by atoms with E-state index >= 15 is 0 Å². The highest BCUT2D eigenvalue weighted by Gasteiger charge is 2.45.